The van der Waals surface area contributed by atoms with Gasteiger partial charge in [0.1, 0.15) is 0 Å². The lowest BCUT2D eigenvalue weighted by Gasteiger charge is -2.15. The van der Waals surface area contributed by atoms with Crippen LogP contribution >= 0.6 is 0 Å². The van der Waals surface area contributed by atoms with Crippen LogP contribution in [0.25, 0.3) is 0 Å². The molecule has 0 saturated heterocycles. The van der Waals surface area contributed by atoms with Crippen LogP contribution in [0.15, 0.2) is 60.7 Å². The van der Waals surface area contributed by atoms with Crippen LogP contribution in [0.1, 0.15) is 40.0 Å². The first-order valence-corrected chi connectivity index (χ1v) is 7.94. The quantitative estimate of drug-likeness (QED) is 0.912. The Labute approximate surface area is 135 Å². The average molecular weight is 308 g/mol. The van der Waals surface area contributed by atoms with Crippen molar-refractivity contribution in [2.24, 2.45) is 0 Å². The molecule has 4 heteroatoms. The van der Waals surface area contributed by atoms with E-state index >= 15 is 0 Å². The summed E-state index contributed by atoms with van der Waals surface area (Å²) < 4.78 is 0. The van der Waals surface area contributed by atoms with Gasteiger partial charge in [-0.3, -0.25) is 9.59 Å². The number of carbonyl (C=O) groups is 2. The Morgan fingerprint density at radius 3 is 1.48 bits per heavy atom. The smallest absolute Gasteiger partial charge is 0.251 e. The first kappa shape index (κ1) is 15.3. The number of hydrogen-bond acceptors (Lipinski definition) is 2. The van der Waals surface area contributed by atoms with Crippen molar-refractivity contribution in [1.29, 1.82) is 0 Å². The zero-order valence-electron chi connectivity index (χ0n) is 12.9. The number of nitrogens with one attached hydrogen (secondary N) is 2. The molecular formula is C19H20N2O2. The topological polar surface area (TPSA) is 58.2 Å². The van der Waals surface area contributed by atoms with Gasteiger partial charge in [0, 0.05) is 23.2 Å². The van der Waals surface area contributed by atoms with E-state index in [4.69, 9.17) is 0 Å². The van der Waals surface area contributed by atoms with Crippen molar-refractivity contribution in [2.75, 3.05) is 0 Å². The Morgan fingerprint density at radius 2 is 1.09 bits per heavy atom. The molecule has 2 aromatic rings. The molecule has 1 aliphatic carbocycles. The van der Waals surface area contributed by atoms with Crippen LogP contribution in [0, 0.1) is 0 Å². The molecule has 23 heavy (non-hydrogen) atoms. The first-order chi connectivity index (χ1) is 11.2. The predicted octanol–water partition coefficient (Wildman–Crippen LogP) is 2.77. The van der Waals surface area contributed by atoms with Crippen LogP contribution in [-0.2, 0) is 0 Å². The van der Waals surface area contributed by atoms with E-state index in [0.717, 1.165) is 19.3 Å². The van der Waals surface area contributed by atoms with Gasteiger partial charge in [-0.2, -0.15) is 0 Å². The monoisotopic (exact) mass is 308 g/mol. The third kappa shape index (κ3) is 3.97. The minimum atomic E-state index is -0.0503. The first-order valence-electron chi connectivity index (χ1n) is 7.94. The Kier molecular flexibility index (Phi) is 4.71. The zero-order chi connectivity index (χ0) is 16.1. The van der Waals surface area contributed by atoms with E-state index in [1.165, 1.54) is 0 Å². The SMILES string of the molecule is O=C(NC1CCC(NC(=O)c2ccccc2)C1)c1ccccc1. The van der Waals surface area contributed by atoms with Gasteiger partial charge in [0.2, 0.25) is 0 Å². The average Bonchev–Trinajstić information content (AvgIpc) is 3.03. The maximum absolute atomic E-state index is 12.2. The maximum Gasteiger partial charge on any atom is 0.251 e. The van der Waals surface area contributed by atoms with Gasteiger partial charge in [-0.15, -0.1) is 0 Å². The Morgan fingerprint density at radius 1 is 0.696 bits per heavy atom. The Hall–Kier alpha value is -2.62. The van der Waals surface area contributed by atoms with Crippen LogP contribution < -0.4 is 10.6 Å². The van der Waals surface area contributed by atoms with Gasteiger partial charge in [-0.05, 0) is 43.5 Å². The summed E-state index contributed by atoms with van der Waals surface area (Å²) in [6, 6.07) is 18.6. The lowest BCUT2D eigenvalue weighted by Crippen LogP contribution is -2.37. The van der Waals surface area contributed by atoms with E-state index in [1.54, 1.807) is 24.3 Å². The molecule has 0 bridgehead atoms. The van der Waals surface area contributed by atoms with E-state index in [1.807, 2.05) is 36.4 Å². The summed E-state index contributed by atoms with van der Waals surface area (Å²) in [6.07, 6.45) is 2.55. The minimum absolute atomic E-state index is 0.0503. The minimum Gasteiger partial charge on any atom is -0.349 e. The maximum atomic E-state index is 12.2. The lowest BCUT2D eigenvalue weighted by molar-refractivity contribution is 0.0936. The zero-order valence-corrected chi connectivity index (χ0v) is 12.9. The van der Waals surface area contributed by atoms with Crippen molar-refractivity contribution in [3.05, 3.63) is 71.8 Å². The van der Waals surface area contributed by atoms with Crippen molar-refractivity contribution in [3.63, 3.8) is 0 Å². The molecule has 1 saturated carbocycles. The summed E-state index contributed by atoms with van der Waals surface area (Å²) in [6.45, 7) is 0. The fraction of sp³-hybridized carbons (Fsp3) is 0.263. The Bertz CT molecular complexity index is 611. The molecule has 0 spiro atoms. The van der Waals surface area contributed by atoms with Crippen molar-refractivity contribution < 1.29 is 9.59 Å². The third-order valence-electron chi connectivity index (χ3n) is 4.18. The molecule has 3 rings (SSSR count). The lowest BCUT2D eigenvalue weighted by atomic mass is 10.1. The number of carbonyl (C=O) groups excluding carboxylic acids is 2. The normalized spacial score (nSPS) is 20.0. The molecule has 1 fully saturated rings. The molecule has 2 atom stereocenters. The second-order valence-electron chi connectivity index (χ2n) is 5.89. The van der Waals surface area contributed by atoms with Crippen molar-refractivity contribution in [3.8, 4) is 0 Å². The van der Waals surface area contributed by atoms with E-state index in [2.05, 4.69) is 10.6 Å². The molecular weight excluding hydrogens is 288 g/mol. The second kappa shape index (κ2) is 7.09. The van der Waals surface area contributed by atoms with Gasteiger partial charge < -0.3 is 10.6 Å². The summed E-state index contributed by atoms with van der Waals surface area (Å²) >= 11 is 0. The fourth-order valence-electron chi connectivity index (χ4n) is 2.96. The molecule has 4 nitrogen and oxygen atoms in total. The Balaban J connectivity index is 1.51. The standard InChI is InChI=1S/C19H20N2O2/c22-18(14-7-3-1-4-8-14)20-16-11-12-17(13-16)21-19(23)15-9-5-2-6-10-15/h1-10,16-17H,11-13H2,(H,20,22)(H,21,23). The predicted molar refractivity (Wildman–Crippen MR) is 89.2 cm³/mol. The van der Waals surface area contributed by atoms with Crippen molar-refractivity contribution in [2.45, 2.75) is 31.3 Å². The second-order valence-corrected chi connectivity index (χ2v) is 5.89. The molecule has 118 valence electrons. The van der Waals surface area contributed by atoms with Crippen LogP contribution in [0.2, 0.25) is 0 Å². The summed E-state index contributed by atoms with van der Waals surface area (Å²) in [5.74, 6) is -0.101. The van der Waals surface area contributed by atoms with Crippen LogP contribution in [0.3, 0.4) is 0 Å². The number of benzene rings is 2. The van der Waals surface area contributed by atoms with Crippen molar-refractivity contribution in [1.82, 2.24) is 10.6 Å². The van der Waals surface area contributed by atoms with E-state index < -0.39 is 0 Å². The molecule has 2 aromatic carbocycles. The highest BCUT2D eigenvalue weighted by atomic mass is 16.2. The molecule has 2 N–H and O–H groups in total. The molecule has 0 aromatic heterocycles. The van der Waals surface area contributed by atoms with Gasteiger partial charge in [0.15, 0.2) is 0 Å². The summed E-state index contributed by atoms with van der Waals surface area (Å²) in [7, 11) is 0. The van der Waals surface area contributed by atoms with Crippen LogP contribution in [0.4, 0.5) is 0 Å². The molecule has 2 unspecified atom stereocenters. The molecule has 0 aliphatic heterocycles. The summed E-state index contributed by atoms with van der Waals surface area (Å²) in [5, 5.41) is 6.10. The van der Waals surface area contributed by atoms with Gasteiger partial charge in [0.05, 0.1) is 0 Å². The highest BCUT2D eigenvalue weighted by Crippen LogP contribution is 2.20. The molecule has 0 radical (unpaired) electrons. The van der Waals surface area contributed by atoms with Gasteiger partial charge in [0.25, 0.3) is 11.8 Å². The summed E-state index contributed by atoms with van der Waals surface area (Å²) in [5.41, 5.74) is 1.34. The highest BCUT2D eigenvalue weighted by Gasteiger charge is 2.27. The molecule has 0 heterocycles. The summed E-state index contributed by atoms with van der Waals surface area (Å²) in [4.78, 5) is 24.3. The third-order valence-corrected chi connectivity index (χ3v) is 4.18. The largest absolute Gasteiger partial charge is 0.349 e. The van der Waals surface area contributed by atoms with E-state index in [0.29, 0.717) is 11.1 Å². The molecule has 1 aliphatic rings. The number of amides is 2. The van der Waals surface area contributed by atoms with Gasteiger partial charge in [-0.25, -0.2) is 0 Å². The van der Waals surface area contributed by atoms with Crippen LogP contribution in [-0.4, -0.2) is 23.9 Å². The van der Waals surface area contributed by atoms with E-state index in [-0.39, 0.29) is 23.9 Å². The molecule has 2 amide bonds. The number of rotatable bonds is 4. The van der Waals surface area contributed by atoms with Gasteiger partial charge in [-0.1, -0.05) is 36.4 Å². The van der Waals surface area contributed by atoms with E-state index in [9.17, 15) is 9.59 Å². The van der Waals surface area contributed by atoms with Crippen LogP contribution in [0.5, 0.6) is 0 Å². The fourth-order valence-corrected chi connectivity index (χ4v) is 2.96. The van der Waals surface area contributed by atoms with Crippen molar-refractivity contribution >= 4 is 11.8 Å². The number of hydrogen-bond donors (Lipinski definition) is 2. The highest BCUT2D eigenvalue weighted by molar-refractivity contribution is 5.95. The van der Waals surface area contributed by atoms with Gasteiger partial charge >= 0.3 is 0 Å².